The number of nitrogens with one attached hydrogen (secondary N) is 1. The molecule has 0 unspecified atom stereocenters. The van der Waals surface area contributed by atoms with Gasteiger partial charge in [0, 0.05) is 18.1 Å². The molecule has 3 aromatic rings. The lowest BCUT2D eigenvalue weighted by atomic mass is 10.1. The standard InChI is InChI=1S/C28H32ClN3O5S/c1-5-30-28(34)21(3)31(18-22-12-14-23(29)15-13-22)27(33)19-32(25-17-20(2)11-16-26(25)37-4)38(35,36)24-9-7-6-8-10-24/h6-17,21H,5,18-19H2,1-4H3,(H,30,34)/t21-/m0/s1. The van der Waals surface area contributed by atoms with E-state index in [1.54, 1.807) is 74.5 Å². The van der Waals surface area contributed by atoms with Gasteiger partial charge < -0.3 is 15.0 Å². The maximum absolute atomic E-state index is 13.9. The summed E-state index contributed by atoms with van der Waals surface area (Å²) in [5, 5.41) is 3.27. The number of amides is 2. The third-order valence-corrected chi connectivity index (χ3v) is 8.02. The molecule has 0 saturated carbocycles. The lowest BCUT2D eigenvalue weighted by Crippen LogP contribution is -2.51. The van der Waals surface area contributed by atoms with Crippen molar-refractivity contribution in [2.24, 2.45) is 0 Å². The first-order valence-corrected chi connectivity index (χ1v) is 13.9. The Morgan fingerprint density at radius 3 is 2.29 bits per heavy atom. The van der Waals surface area contributed by atoms with Gasteiger partial charge in [-0.15, -0.1) is 0 Å². The van der Waals surface area contributed by atoms with Gasteiger partial charge in [0.05, 0.1) is 17.7 Å². The van der Waals surface area contributed by atoms with Crippen molar-refractivity contribution in [3.05, 3.63) is 88.9 Å². The van der Waals surface area contributed by atoms with Crippen molar-refractivity contribution >= 4 is 39.1 Å². The minimum atomic E-state index is -4.18. The van der Waals surface area contributed by atoms with Crippen LogP contribution in [-0.4, -0.2) is 51.4 Å². The molecule has 10 heteroatoms. The monoisotopic (exact) mass is 557 g/mol. The van der Waals surface area contributed by atoms with Crippen molar-refractivity contribution in [3.8, 4) is 5.75 Å². The Morgan fingerprint density at radius 1 is 1.03 bits per heavy atom. The van der Waals surface area contributed by atoms with Gasteiger partial charge in [-0.05, 0) is 68.3 Å². The zero-order chi connectivity index (χ0) is 27.9. The Bertz CT molecular complexity index is 1360. The highest BCUT2D eigenvalue weighted by Crippen LogP contribution is 2.33. The summed E-state index contributed by atoms with van der Waals surface area (Å²) in [5.41, 5.74) is 1.75. The number of hydrogen-bond acceptors (Lipinski definition) is 5. The molecule has 0 fully saturated rings. The van der Waals surface area contributed by atoms with E-state index in [2.05, 4.69) is 5.32 Å². The Kier molecular flexibility index (Phi) is 9.77. The van der Waals surface area contributed by atoms with Crippen molar-refractivity contribution in [3.63, 3.8) is 0 Å². The maximum atomic E-state index is 13.9. The summed E-state index contributed by atoms with van der Waals surface area (Å²) in [6.07, 6.45) is 0. The summed E-state index contributed by atoms with van der Waals surface area (Å²) in [6.45, 7) is 5.15. The molecule has 0 heterocycles. The molecule has 0 bridgehead atoms. The van der Waals surface area contributed by atoms with Crippen molar-refractivity contribution in [2.45, 2.75) is 38.3 Å². The number of sulfonamides is 1. The molecular formula is C28H32ClN3O5S. The van der Waals surface area contributed by atoms with Crippen LogP contribution in [0.4, 0.5) is 5.69 Å². The van der Waals surface area contributed by atoms with Gasteiger partial charge in [-0.25, -0.2) is 8.42 Å². The SMILES string of the molecule is CCNC(=O)[C@H](C)N(Cc1ccc(Cl)cc1)C(=O)CN(c1cc(C)ccc1OC)S(=O)(=O)c1ccccc1. The number of nitrogens with zero attached hydrogens (tertiary/aromatic N) is 2. The predicted molar refractivity (Wildman–Crippen MR) is 149 cm³/mol. The molecule has 1 N–H and O–H groups in total. The second-order valence-electron chi connectivity index (χ2n) is 8.72. The molecule has 0 aliphatic carbocycles. The molecule has 38 heavy (non-hydrogen) atoms. The molecule has 0 aliphatic rings. The molecule has 0 aliphatic heterocycles. The van der Waals surface area contributed by atoms with E-state index in [0.29, 0.717) is 17.3 Å². The number of benzene rings is 3. The molecule has 0 saturated heterocycles. The van der Waals surface area contributed by atoms with Crippen LogP contribution in [0.3, 0.4) is 0 Å². The number of carbonyl (C=O) groups is 2. The first-order valence-electron chi connectivity index (χ1n) is 12.1. The Labute approximate surface area is 229 Å². The van der Waals surface area contributed by atoms with Gasteiger partial charge in [0.2, 0.25) is 11.8 Å². The summed E-state index contributed by atoms with van der Waals surface area (Å²) < 4.78 is 34.3. The van der Waals surface area contributed by atoms with Gasteiger partial charge in [-0.3, -0.25) is 13.9 Å². The number of ether oxygens (including phenoxy) is 1. The highest BCUT2D eigenvalue weighted by molar-refractivity contribution is 7.92. The van der Waals surface area contributed by atoms with Gasteiger partial charge in [0.1, 0.15) is 18.3 Å². The van der Waals surface area contributed by atoms with Gasteiger partial charge in [-0.1, -0.05) is 48.0 Å². The first kappa shape index (κ1) is 29.0. The normalized spacial score (nSPS) is 11.9. The number of halogens is 1. The molecular weight excluding hydrogens is 526 g/mol. The van der Waals surface area contributed by atoms with Crippen LogP contribution in [0.15, 0.2) is 77.7 Å². The molecule has 0 radical (unpaired) electrons. The van der Waals surface area contributed by atoms with Gasteiger partial charge in [0.25, 0.3) is 10.0 Å². The molecule has 0 spiro atoms. The summed E-state index contributed by atoms with van der Waals surface area (Å²) >= 11 is 6.02. The topological polar surface area (TPSA) is 96.0 Å². The quantitative estimate of drug-likeness (QED) is 0.377. The number of rotatable bonds is 11. The Hall–Kier alpha value is -3.56. The average molecular weight is 558 g/mol. The van der Waals surface area contributed by atoms with Crippen LogP contribution in [-0.2, 0) is 26.2 Å². The van der Waals surface area contributed by atoms with Gasteiger partial charge in [-0.2, -0.15) is 0 Å². The molecule has 1 atom stereocenters. The molecule has 202 valence electrons. The first-order chi connectivity index (χ1) is 18.1. The second-order valence-corrected chi connectivity index (χ2v) is 11.0. The van der Waals surface area contributed by atoms with E-state index in [0.717, 1.165) is 15.4 Å². The van der Waals surface area contributed by atoms with Crippen LogP contribution < -0.4 is 14.4 Å². The summed E-state index contributed by atoms with van der Waals surface area (Å²) in [6, 6.07) is 19.0. The largest absolute Gasteiger partial charge is 0.495 e. The van der Waals surface area contributed by atoms with E-state index in [1.807, 2.05) is 6.92 Å². The van der Waals surface area contributed by atoms with E-state index in [1.165, 1.54) is 24.1 Å². The van der Waals surface area contributed by atoms with E-state index in [9.17, 15) is 18.0 Å². The summed E-state index contributed by atoms with van der Waals surface area (Å²) in [5.74, 6) is -0.605. The van der Waals surface area contributed by atoms with Crippen LogP contribution in [0, 0.1) is 6.92 Å². The summed E-state index contributed by atoms with van der Waals surface area (Å²) in [7, 11) is -2.74. The van der Waals surface area contributed by atoms with Crippen LogP contribution in [0.5, 0.6) is 5.75 Å². The van der Waals surface area contributed by atoms with Crippen LogP contribution in [0.25, 0.3) is 0 Å². The summed E-state index contributed by atoms with van der Waals surface area (Å²) in [4.78, 5) is 28.0. The third kappa shape index (κ3) is 6.85. The third-order valence-electron chi connectivity index (χ3n) is 6.00. The van der Waals surface area contributed by atoms with Crippen LogP contribution >= 0.6 is 11.6 Å². The molecule has 8 nitrogen and oxygen atoms in total. The Balaban J connectivity index is 2.08. The number of likely N-dealkylation sites (N-methyl/N-ethyl adjacent to an activating group) is 1. The number of anilines is 1. The number of methoxy groups -OCH3 is 1. The second kappa shape index (κ2) is 12.8. The fourth-order valence-corrected chi connectivity index (χ4v) is 5.48. The zero-order valence-electron chi connectivity index (χ0n) is 21.8. The highest BCUT2D eigenvalue weighted by Gasteiger charge is 2.33. The average Bonchev–Trinajstić information content (AvgIpc) is 2.91. The fourth-order valence-electron chi connectivity index (χ4n) is 3.92. The fraction of sp³-hybridized carbons (Fsp3) is 0.286. The van der Waals surface area contributed by atoms with Crippen molar-refractivity contribution in [1.82, 2.24) is 10.2 Å². The van der Waals surface area contributed by atoms with E-state index >= 15 is 0 Å². The number of aryl methyl sites for hydroxylation is 1. The molecule has 3 aromatic carbocycles. The smallest absolute Gasteiger partial charge is 0.264 e. The predicted octanol–water partition coefficient (Wildman–Crippen LogP) is 4.41. The number of carbonyl (C=O) groups excluding carboxylic acids is 2. The van der Waals surface area contributed by atoms with Crippen molar-refractivity contribution in [2.75, 3.05) is 24.5 Å². The number of hydrogen-bond donors (Lipinski definition) is 1. The minimum absolute atomic E-state index is 0.0254. The van der Waals surface area contributed by atoms with Crippen LogP contribution in [0.1, 0.15) is 25.0 Å². The lowest BCUT2D eigenvalue weighted by molar-refractivity contribution is -0.139. The van der Waals surface area contributed by atoms with Crippen molar-refractivity contribution in [1.29, 1.82) is 0 Å². The molecule has 0 aromatic heterocycles. The molecule has 2 amide bonds. The van der Waals surface area contributed by atoms with E-state index in [4.69, 9.17) is 16.3 Å². The van der Waals surface area contributed by atoms with E-state index in [-0.39, 0.29) is 23.0 Å². The lowest BCUT2D eigenvalue weighted by Gasteiger charge is -2.32. The maximum Gasteiger partial charge on any atom is 0.264 e. The van der Waals surface area contributed by atoms with E-state index < -0.39 is 28.5 Å². The van der Waals surface area contributed by atoms with Gasteiger partial charge in [0.15, 0.2) is 0 Å². The molecule has 3 rings (SSSR count). The zero-order valence-corrected chi connectivity index (χ0v) is 23.4. The van der Waals surface area contributed by atoms with Crippen molar-refractivity contribution < 1.29 is 22.7 Å². The minimum Gasteiger partial charge on any atom is -0.495 e. The Morgan fingerprint density at radius 2 is 1.68 bits per heavy atom. The van der Waals surface area contributed by atoms with Crippen LogP contribution in [0.2, 0.25) is 5.02 Å². The van der Waals surface area contributed by atoms with Gasteiger partial charge >= 0.3 is 0 Å². The highest BCUT2D eigenvalue weighted by atomic mass is 35.5.